The normalized spacial score (nSPS) is 11.4. The number of rotatable bonds is 11. The molecule has 0 fully saturated rings. The fourth-order valence-corrected chi connectivity index (χ4v) is 2.62. The highest BCUT2D eigenvalue weighted by atomic mass is 19.4. The lowest BCUT2D eigenvalue weighted by atomic mass is 10.2. The number of alkyl halides is 3. The van der Waals surface area contributed by atoms with Crippen molar-refractivity contribution < 1.29 is 22.6 Å². The second-order valence-corrected chi connectivity index (χ2v) is 6.70. The molecule has 8 heteroatoms. The van der Waals surface area contributed by atoms with Gasteiger partial charge in [0, 0.05) is 18.9 Å². The van der Waals surface area contributed by atoms with Gasteiger partial charge in [0.2, 0.25) is 0 Å². The molecule has 2 aromatic rings. The molecule has 2 rings (SSSR count). The van der Waals surface area contributed by atoms with Crippen LogP contribution in [0.5, 0.6) is 11.8 Å². The summed E-state index contributed by atoms with van der Waals surface area (Å²) >= 11 is 0. The van der Waals surface area contributed by atoms with Gasteiger partial charge in [0.25, 0.3) is 0 Å². The van der Waals surface area contributed by atoms with Crippen molar-refractivity contribution in [2.24, 2.45) is 0 Å². The fraction of sp³-hybridized carbons (Fsp3) is 0.524. The summed E-state index contributed by atoms with van der Waals surface area (Å²) < 4.78 is 51.5. The zero-order chi connectivity index (χ0) is 21.3. The zero-order valence-corrected chi connectivity index (χ0v) is 17.1. The van der Waals surface area contributed by atoms with Crippen molar-refractivity contribution in [3.05, 3.63) is 36.0 Å². The lowest BCUT2D eigenvalue weighted by Crippen LogP contribution is -2.19. The third kappa shape index (κ3) is 6.80. The van der Waals surface area contributed by atoms with Crippen LogP contribution >= 0.6 is 0 Å². The minimum Gasteiger partial charge on any atom is -0.494 e. The molecular weight excluding hydrogens is 383 g/mol. The third-order valence-corrected chi connectivity index (χ3v) is 4.34. The Bertz CT molecular complexity index is 752. The average Bonchev–Trinajstić information content (AvgIpc) is 2.70. The highest BCUT2D eigenvalue weighted by molar-refractivity contribution is 5.63. The van der Waals surface area contributed by atoms with Gasteiger partial charge in [-0.2, -0.15) is 18.2 Å². The Morgan fingerprint density at radius 2 is 1.59 bits per heavy atom. The summed E-state index contributed by atoms with van der Waals surface area (Å²) in [5, 5.41) is 0. The quantitative estimate of drug-likeness (QED) is 0.424. The molecule has 1 aromatic heterocycles. The molecule has 1 heterocycles. The van der Waals surface area contributed by atoms with Crippen molar-refractivity contribution in [1.29, 1.82) is 0 Å². The molecule has 0 aliphatic rings. The molecule has 29 heavy (non-hydrogen) atoms. The summed E-state index contributed by atoms with van der Waals surface area (Å²) in [6, 6.07) is 6.81. The molecule has 0 amide bonds. The number of halogens is 3. The van der Waals surface area contributed by atoms with Crippen LogP contribution in [-0.4, -0.2) is 30.2 Å². The van der Waals surface area contributed by atoms with E-state index in [4.69, 9.17) is 9.47 Å². The van der Waals surface area contributed by atoms with Crippen molar-refractivity contribution in [3.63, 3.8) is 0 Å². The number of ether oxygens (including phenoxy) is 2. The maximum atomic E-state index is 13.5. The minimum absolute atomic E-state index is 0.0597. The molecule has 160 valence electrons. The van der Waals surface area contributed by atoms with E-state index in [2.05, 4.69) is 23.8 Å². The Kier molecular flexibility index (Phi) is 8.54. The van der Waals surface area contributed by atoms with Crippen LogP contribution in [0.4, 0.5) is 24.7 Å². The van der Waals surface area contributed by atoms with Crippen molar-refractivity contribution in [1.82, 2.24) is 9.97 Å². The second-order valence-electron chi connectivity index (χ2n) is 6.70. The number of nitrogens with zero attached hydrogens (tertiary/aromatic N) is 3. The molecule has 0 N–H and O–H groups in total. The first-order valence-corrected chi connectivity index (χ1v) is 9.90. The van der Waals surface area contributed by atoms with Crippen LogP contribution in [0, 0.1) is 0 Å². The topological polar surface area (TPSA) is 47.5 Å². The number of hydrogen-bond acceptors (Lipinski definition) is 5. The van der Waals surface area contributed by atoms with Gasteiger partial charge in [-0.15, -0.1) is 0 Å². The summed E-state index contributed by atoms with van der Waals surface area (Å²) in [4.78, 5) is 9.15. The first-order chi connectivity index (χ1) is 13.9. The number of unbranched alkanes of at least 4 members (excludes halogenated alkanes) is 3. The van der Waals surface area contributed by atoms with E-state index in [-0.39, 0.29) is 11.8 Å². The van der Waals surface area contributed by atoms with E-state index >= 15 is 0 Å². The lowest BCUT2D eigenvalue weighted by molar-refractivity contribution is -0.137. The van der Waals surface area contributed by atoms with Gasteiger partial charge >= 0.3 is 12.2 Å². The van der Waals surface area contributed by atoms with Crippen LogP contribution in [-0.2, 0) is 6.18 Å². The van der Waals surface area contributed by atoms with Gasteiger partial charge in [0.15, 0.2) is 5.82 Å². The predicted molar refractivity (Wildman–Crippen MR) is 107 cm³/mol. The lowest BCUT2D eigenvalue weighted by Gasteiger charge is -2.22. The summed E-state index contributed by atoms with van der Waals surface area (Å²) in [5.74, 6) is 0.423. The Morgan fingerprint density at radius 1 is 0.931 bits per heavy atom. The molecule has 0 saturated carbocycles. The van der Waals surface area contributed by atoms with E-state index in [1.54, 1.807) is 24.3 Å². The van der Waals surface area contributed by atoms with E-state index in [0.717, 1.165) is 38.3 Å². The van der Waals surface area contributed by atoms with Crippen LogP contribution in [0.2, 0.25) is 0 Å². The van der Waals surface area contributed by atoms with Crippen molar-refractivity contribution in [2.45, 2.75) is 52.1 Å². The maximum absolute atomic E-state index is 13.5. The van der Waals surface area contributed by atoms with Crippen LogP contribution in [0.1, 0.15) is 51.5 Å². The van der Waals surface area contributed by atoms with Crippen LogP contribution in [0.25, 0.3) is 0 Å². The average molecular weight is 411 g/mol. The Morgan fingerprint density at radius 3 is 2.21 bits per heavy atom. The molecule has 0 atom stereocenters. The van der Waals surface area contributed by atoms with E-state index in [0.29, 0.717) is 24.7 Å². The SMILES string of the molecule is CCCCCOc1ncc(C(F)(F)F)c(N(C)c2ccc(OCCCC)cc2)n1. The molecule has 1 aromatic carbocycles. The van der Waals surface area contributed by atoms with E-state index in [1.807, 2.05) is 0 Å². The number of hydrogen-bond donors (Lipinski definition) is 0. The largest absolute Gasteiger partial charge is 0.494 e. The van der Waals surface area contributed by atoms with Gasteiger partial charge in [-0.05, 0) is 37.1 Å². The van der Waals surface area contributed by atoms with Gasteiger partial charge < -0.3 is 14.4 Å². The van der Waals surface area contributed by atoms with Gasteiger partial charge in [0.1, 0.15) is 11.3 Å². The molecule has 0 saturated heterocycles. The summed E-state index contributed by atoms with van der Waals surface area (Å²) in [7, 11) is 1.53. The second kappa shape index (κ2) is 10.9. The van der Waals surface area contributed by atoms with E-state index in [1.165, 1.54) is 11.9 Å². The van der Waals surface area contributed by atoms with Gasteiger partial charge in [-0.25, -0.2) is 4.98 Å². The Labute approximate surface area is 169 Å². The molecule has 0 unspecified atom stereocenters. The summed E-state index contributed by atoms with van der Waals surface area (Å²) in [6.07, 6.45) is 0.953. The van der Waals surface area contributed by atoms with Crippen LogP contribution in [0.3, 0.4) is 0 Å². The van der Waals surface area contributed by atoms with Crippen LogP contribution in [0.15, 0.2) is 30.5 Å². The number of aromatic nitrogens is 2. The number of anilines is 2. The fourth-order valence-electron chi connectivity index (χ4n) is 2.62. The molecule has 5 nitrogen and oxygen atoms in total. The van der Waals surface area contributed by atoms with Gasteiger partial charge in [-0.3, -0.25) is 0 Å². The van der Waals surface area contributed by atoms with Crippen molar-refractivity contribution in [2.75, 3.05) is 25.2 Å². The van der Waals surface area contributed by atoms with E-state index < -0.39 is 11.7 Å². The molecule has 0 spiro atoms. The van der Waals surface area contributed by atoms with Gasteiger partial charge in [-0.1, -0.05) is 33.1 Å². The highest BCUT2D eigenvalue weighted by Crippen LogP contribution is 2.38. The predicted octanol–water partition coefficient (Wildman–Crippen LogP) is 6.01. The summed E-state index contributed by atoms with van der Waals surface area (Å²) in [5.41, 5.74) is -0.363. The highest BCUT2D eigenvalue weighted by Gasteiger charge is 2.36. The first kappa shape index (κ1) is 22.8. The van der Waals surface area contributed by atoms with Crippen molar-refractivity contribution >= 4 is 11.5 Å². The third-order valence-electron chi connectivity index (χ3n) is 4.34. The molecular formula is C21H28F3N3O2. The summed E-state index contributed by atoms with van der Waals surface area (Å²) in [6.45, 7) is 5.10. The minimum atomic E-state index is -4.58. The molecule has 0 aliphatic carbocycles. The molecule has 0 bridgehead atoms. The van der Waals surface area contributed by atoms with Gasteiger partial charge in [0.05, 0.1) is 13.2 Å². The van der Waals surface area contributed by atoms with Crippen LogP contribution < -0.4 is 14.4 Å². The van der Waals surface area contributed by atoms with E-state index in [9.17, 15) is 13.2 Å². The Hall–Kier alpha value is -2.51. The smallest absolute Gasteiger partial charge is 0.421 e. The maximum Gasteiger partial charge on any atom is 0.421 e. The Balaban J connectivity index is 2.22. The zero-order valence-electron chi connectivity index (χ0n) is 17.1. The first-order valence-electron chi connectivity index (χ1n) is 9.90. The molecule has 0 aliphatic heterocycles. The number of benzene rings is 1. The van der Waals surface area contributed by atoms with Crippen molar-refractivity contribution in [3.8, 4) is 11.8 Å². The monoisotopic (exact) mass is 411 g/mol. The standard InChI is InChI=1S/C21H28F3N3O2/c1-4-6-8-14-29-20-25-15-18(21(22,23)24)19(26-20)27(3)16-9-11-17(12-10-16)28-13-7-5-2/h9-12,15H,4-8,13-14H2,1-3H3. The molecule has 0 radical (unpaired) electrons.